The fourth-order valence-corrected chi connectivity index (χ4v) is 5.52. The Hall–Kier alpha value is -3.53. The van der Waals surface area contributed by atoms with E-state index in [2.05, 4.69) is 21.0 Å². The summed E-state index contributed by atoms with van der Waals surface area (Å²) in [5, 5.41) is 16.0. The molecule has 2 aromatic carbocycles. The number of halogens is 1. The van der Waals surface area contributed by atoms with Crippen molar-refractivity contribution in [2.75, 3.05) is 7.11 Å². The van der Waals surface area contributed by atoms with Gasteiger partial charge in [0.2, 0.25) is 0 Å². The predicted molar refractivity (Wildman–Crippen MR) is 125 cm³/mol. The number of benzene rings is 2. The van der Waals surface area contributed by atoms with E-state index in [1.54, 1.807) is 24.3 Å². The van der Waals surface area contributed by atoms with Crippen LogP contribution in [0, 0.1) is 33.8 Å². The molecule has 0 radical (unpaired) electrons. The minimum absolute atomic E-state index is 0.00802. The molecule has 2 aliphatic carbocycles. The highest BCUT2D eigenvalue weighted by atomic mass is 79.9. The van der Waals surface area contributed by atoms with Crippen molar-refractivity contribution >= 4 is 39.6 Å². The molecule has 9 nitrogen and oxygen atoms in total. The first-order chi connectivity index (χ1) is 16.4. The lowest BCUT2D eigenvalue weighted by atomic mass is 9.85. The van der Waals surface area contributed by atoms with E-state index in [0.717, 1.165) is 17.0 Å². The van der Waals surface area contributed by atoms with Gasteiger partial charge >= 0.3 is 0 Å². The highest BCUT2D eigenvalue weighted by Crippen LogP contribution is 2.52. The number of hydrazone groups is 1. The summed E-state index contributed by atoms with van der Waals surface area (Å²) in [7, 11) is 1.50. The molecule has 1 aliphatic heterocycles. The third kappa shape index (κ3) is 3.77. The number of hydrogen-bond acceptors (Lipinski definition) is 7. The lowest BCUT2D eigenvalue weighted by Crippen LogP contribution is -2.28. The molecule has 0 aromatic heterocycles. The molecule has 0 N–H and O–H groups in total. The third-order valence-corrected chi connectivity index (χ3v) is 7.14. The Morgan fingerprint density at radius 3 is 2.38 bits per heavy atom. The number of hydrogen-bond donors (Lipinski definition) is 0. The molecule has 10 heteroatoms. The van der Waals surface area contributed by atoms with Gasteiger partial charge in [0.1, 0.15) is 6.61 Å². The van der Waals surface area contributed by atoms with E-state index < -0.39 is 4.92 Å². The number of nitrogens with zero attached hydrogens (tertiary/aromatic N) is 3. The summed E-state index contributed by atoms with van der Waals surface area (Å²) in [5.74, 6) is 0.0715. The zero-order valence-electron chi connectivity index (χ0n) is 18.1. The molecule has 4 atom stereocenters. The van der Waals surface area contributed by atoms with Gasteiger partial charge in [-0.05, 0) is 69.6 Å². The number of carbonyl (C=O) groups is 2. The second-order valence-electron chi connectivity index (χ2n) is 8.48. The van der Waals surface area contributed by atoms with Crippen molar-refractivity contribution in [3.05, 3.63) is 74.3 Å². The van der Waals surface area contributed by atoms with E-state index in [9.17, 15) is 19.7 Å². The minimum atomic E-state index is -0.457. The van der Waals surface area contributed by atoms with E-state index in [4.69, 9.17) is 9.47 Å². The first-order valence-electron chi connectivity index (χ1n) is 10.7. The summed E-state index contributed by atoms with van der Waals surface area (Å²) < 4.78 is 11.9. The average molecular weight is 526 g/mol. The highest BCUT2D eigenvalue weighted by Gasteiger charge is 2.59. The number of carbonyl (C=O) groups excluding carboxylic acids is 2. The Morgan fingerprint density at radius 1 is 1.15 bits per heavy atom. The van der Waals surface area contributed by atoms with E-state index in [1.165, 1.54) is 25.5 Å². The van der Waals surface area contributed by atoms with Crippen LogP contribution in [0.25, 0.3) is 0 Å². The quantitative estimate of drug-likeness (QED) is 0.177. The zero-order valence-corrected chi connectivity index (χ0v) is 19.7. The molecule has 5 rings (SSSR count). The Bertz CT molecular complexity index is 1210. The number of rotatable bonds is 7. The van der Waals surface area contributed by atoms with E-state index >= 15 is 0 Å². The van der Waals surface area contributed by atoms with Gasteiger partial charge in [0.25, 0.3) is 17.5 Å². The van der Waals surface area contributed by atoms with Crippen LogP contribution in [0.15, 0.2) is 58.1 Å². The largest absolute Gasteiger partial charge is 0.493 e. The minimum Gasteiger partial charge on any atom is -0.493 e. The smallest absolute Gasteiger partial charge is 0.269 e. The van der Waals surface area contributed by atoms with Gasteiger partial charge in [-0.15, -0.1) is 0 Å². The van der Waals surface area contributed by atoms with Crippen molar-refractivity contribution in [1.82, 2.24) is 5.01 Å². The monoisotopic (exact) mass is 525 g/mol. The Balaban J connectivity index is 1.31. The predicted octanol–water partition coefficient (Wildman–Crippen LogP) is 4.09. The fourth-order valence-electron chi connectivity index (χ4n) is 4.95. The van der Waals surface area contributed by atoms with Gasteiger partial charge < -0.3 is 9.47 Å². The van der Waals surface area contributed by atoms with Gasteiger partial charge in [0.15, 0.2) is 11.5 Å². The van der Waals surface area contributed by atoms with Crippen molar-refractivity contribution in [1.29, 1.82) is 0 Å². The van der Waals surface area contributed by atoms with Crippen molar-refractivity contribution in [2.45, 2.75) is 13.0 Å². The molecule has 1 heterocycles. The van der Waals surface area contributed by atoms with E-state index in [-0.39, 0.29) is 47.8 Å². The molecule has 2 fully saturated rings. The standard InChI is InChI=1S/C24H20BrN3O6/c1-33-19-9-14(8-18(25)22(19)34-12-13-2-6-17(7-3-13)28(31)32)11-26-27-23(29)20-15-4-5-16(10-15)21(20)24(27)30/h2-9,11,15-16,20-21H,10,12H2,1H3/b26-11-/t15-,16-,20+,21+/m0/s1. The number of nitro benzene ring substituents is 1. The summed E-state index contributed by atoms with van der Waals surface area (Å²) in [6.45, 7) is 0.177. The van der Waals surface area contributed by atoms with Crippen molar-refractivity contribution < 1.29 is 24.0 Å². The van der Waals surface area contributed by atoms with Crippen molar-refractivity contribution in [3.63, 3.8) is 0 Å². The third-order valence-electron chi connectivity index (χ3n) is 6.55. The van der Waals surface area contributed by atoms with Crippen LogP contribution in [0.1, 0.15) is 17.5 Å². The van der Waals surface area contributed by atoms with Gasteiger partial charge in [-0.2, -0.15) is 10.1 Å². The number of ether oxygens (including phenoxy) is 2. The second kappa shape index (κ2) is 8.68. The molecule has 0 unspecified atom stereocenters. The van der Waals surface area contributed by atoms with E-state index in [0.29, 0.717) is 21.5 Å². The van der Waals surface area contributed by atoms with Gasteiger partial charge in [0, 0.05) is 12.1 Å². The molecule has 2 aromatic rings. The molecule has 3 aliphatic rings. The SMILES string of the molecule is COc1cc(/C=N\N2C(=O)[C@H]3[C@H](C2=O)[C@H]2C=C[C@H]3C2)cc(Br)c1OCc1ccc([N+](=O)[O-])cc1. The number of imide groups is 1. The topological polar surface area (TPSA) is 111 Å². The van der Waals surface area contributed by atoms with Crippen LogP contribution in [0.3, 0.4) is 0 Å². The van der Waals surface area contributed by atoms with Crippen LogP contribution in [0.2, 0.25) is 0 Å². The van der Waals surface area contributed by atoms with E-state index in [1.807, 2.05) is 12.2 Å². The summed E-state index contributed by atoms with van der Waals surface area (Å²) >= 11 is 3.47. The van der Waals surface area contributed by atoms with Gasteiger partial charge in [-0.25, -0.2) is 0 Å². The van der Waals surface area contributed by atoms with Crippen LogP contribution < -0.4 is 9.47 Å². The second-order valence-corrected chi connectivity index (χ2v) is 9.33. The Morgan fingerprint density at radius 2 is 1.79 bits per heavy atom. The molecule has 1 saturated carbocycles. The molecular formula is C24H20BrN3O6. The van der Waals surface area contributed by atoms with Crippen LogP contribution in [-0.2, 0) is 16.2 Å². The van der Waals surface area contributed by atoms with Gasteiger partial charge in [0.05, 0.1) is 34.6 Å². The van der Waals surface area contributed by atoms with Crippen LogP contribution >= 0.6 is 15.9 Å². The number of methoxy groups -OCH3 is 1. The lowest BCUT2D eigenvalue weighted by molar-refractivity contribution is -0.384. The van der Waals surface area contributed by atoms with Gasteiger partial charge in [-0.1, -0.05) is 12.2 Å². The molecular weight excluding hydrogens is 506 g/mol. The molecule has 34 heavy (non-hydrogen) atoms. The number of allylic oxidation sites excluding steroid dienone is 2. The summed E-state index contributed by atoms with van der Waals surface area (Å²) in [6.07, 6.45) is 6.42. The maximum Gasteiger partial charge on any atom is 0.269 e. The Kier molecular flexibility index (Phi) is 5.68. The number of non-ortho nitro benzene ring substituents is 1. The van der Waals surface area contributed by atoms with Crippen LogP contribution in [0.5, 0.6) is 11.5 Å². The molecule has 174 valence electrons. The van der Waals surface area contributed by atoms with Crippen molar-refractivity contribution in [2.24, 2.45) is 28.8 Å². The normalized spacial score (nSPS) is 24.8. The lowest BCUT2D eigenvalue weighted by Gasteiger charge is -2.14. The number of fused-ring (bicyclic) bond motifs is 5. The number of nitro groups is 1. The highest BCUT2D eigenvalue weighted by molar-refractivity contribution is 9.10. The molecule has 2 amide bonds. The average Bonchev–Trinajstić information content (AvgIpc) is 3.51. The molecule has 0 spiro atoms. The summed E-state index contributed by atoms with van der Waals surface area (Å²) in [6, 6.07) is 9.52. The maximum atomic E-state index is 12.8. The van der Waals surface area contributed by atoms with Crippen LogP contribution in [-0.4, -0.2) is 35.1 Å². The Labute approximate surface area is 203 Å². The fraction of sp³-hybridized carbons (Fsp3) is 0.292. The first-order valence-corrected chi connectivity index (χ1v) is 11.5. The van der Waals surface area contributed by atoms with Gasteiger partial charge in [-0.3, -0.25) is 19.7 Å². The maximum absolute atomic E-state index is 12.8. The number of amides is 2. The zero-order chi connectivity index (χ0) is 24.0. The first kappa shape index (κ1) is 22.3. The van der Waals surface area contributed by atoms with Crippen LogP contribution in [0.4, 0.5) is 5.69 Å². The summed E-state index contributed by atoms with van der Waals surface area (Å²) in [4.78, 5) is 35.9. The summed E-state index contributed by atoms with van der Waals surface area (Å²) in [5.41, 5.74) is 1.38. The molecule has 1 saturated heterocycles. The molecule has 2 bridgehead atoms. The van der Waals surface area contributed by atoms with Crippen molar-refractivity contribution in [3.8, 4) is 11.5 Å².